The van der Waals surface area contributed by atoms with E-state index in [2.05, 4.69) is 15.5 Å². The number of nitrogens with one attached hydrogen (secondary N) is 1. The van der Waals surface area contributed by atoms with Crippen LogP contribution >= 0.6 is 11.6 Å². The van der Waals surface area contributed by atoms with E-state index in [1.54, 1.807) is 26.4 Å². The highest BCUT2D eigenvalue weighted by atomic mass is 35.5. The average Bonchev–Trinajstić information content (AvgIpc) is 3.11. The molecule has 0 bridgehead atoms. The van der Waals surface area contributed by atoms with Crippen LogP contribution in [0.15, 0.2) is 47.0 Å². The highest BCUT2D eigenvalue weighted by Gasteiger charge is 2.14. The molecule has 130 valence electrons. The van der Waals surface area contributed by atoms with Gasteiger partial charge in [0.25, 0.3) is 0 Å². The topological polar surface area (TPSA) is 69.4 Å². The summed E-state index contributed by atoms with van der Waals surface area (Å²) in [5.41, 5.74) is 1.88. The summed E-state index contributed by atoms with van der Waals surface area (Å²) in [5, 5.41) is 7.85. The SMILES string of the molecule is COc1ccc(OC)c(-c2noc(NCCc3ccc(Cl)cc3)n2)c1. The predicted molar refractivity (Wildman–Crippen MR) is 96.5 cm³/mol. The van der Waals surface area contributed by atoms with Gasteiger partial charge in [0, 0.05) is 11.6 Å². The van der Waals surface area contributed by atoms with Crippen LogP contribution in [0.4, 0.5) is 6.01 Å². The fourth-order valence-corrected chi connectivity index (χ4v) is 2.48. The van der Waals surface area contributed by atoms with Crippen molar-refractivity contribution in [1.82, 2.24) is 10.1 Å². The molecule has 0 saturated carbocycles. The third kappa shape index (κ3) is 4.22. The lowest BCUT2D eigenvalue weighted by Crippen LogP contribution is -2.04. The van der Waals surface area contributed by atoms with Crippen LogP contribution in [-0.4, -0.2) is 30.9 Å². The van der Waals surface area contributed by atoms with Crippen molar-refractivity contribution in [3.63, 3.8) is 0 Å². The minimum atomic E-state index is 0.355. The minimum Gasteiger partial charge on any atom is -0.497 e. The lowest BCUT2D eigenvalue weighted by Gasteiger charge is -2.07. The van der Waals surface area contributed by atoms with Crippen LogP contribution < -0.4 is 14.8 Å². The molecule has 0 fully saturated rings. The molecule has 1 heterocycles. The van der Waals surface area contributed by atoms with Crippen molar-refractivity contribution in [3.05, 3.63) is 53.1 Å². The van der Waals surface area contributed by atoms with Gasteiger partial charge >= 0.3 is 6.01 Å². The van der Waals surface area contributed by atoms with E-state index in [0.717, 1.165) is 11.4 Å². The summed E-state index contributed by atoms with van der Waals surface area (Å²) in [5.74, 6) is 1.77. The Hall–Kier alpha value is -2.73. The van der Waals surface area contributed by atoms with Crippen LogP contribution in [-0.2, 0) is 6.42 Å². The molecule has 6 nitrogen and oxygen atoms in total. The van der Waals surface area contributed by atoms with Crippen LogP contribution in [0.2, 0.25) is 5.02 Å². The van der Waals surface area contributed by atoms with Crippen LogP contribution in [0.1, 0.15) is 5.56 Å². The van der Waals surface area contributed by atoms with Crippen LogP contribution in [0.3, 0.4) is 0 Å². The second kappa shape index (κ2) is 7.90. The van der Waals surface area contributed by atoms with Crippen molar-refractivity contribution in [1.29, 1.82) is 0 Å². The standard InChI is InChI=1S/C18H18ClN3O3/c1-23-14-7-8-16(24-2)15(11-14)17-21-18(25-22-17)20-10-9-12-3-5-13(19)6-4-12/h3-8,11H,9-10H2,1-2H3,(H,20,21,22). The summed E-state index contributed by atoms with van der Waals surface area (Å²) in [6.07, 6.45) is 0.817. The van der Waals surface area contributed by atoms with Gasteiger partial charge in [0.15, 0.2) is 0 Å². The Morgan fingerprint density at radius 2 is 1.88 bits per heavy atom. The van der Waals surface area contributed by atoms with E-state index < -0.39 is 0 Å². The first-order valence-electron chi connectivity index (χ1n) is 7.74. The van der Waals surface area contributed by atoms with E-state index in [4.69, 9.17) is 25.6 Å². The number of aromatic nitrogens is 2. The largest absolute Gasteiger partial charge is 0.497 e. The van der Waals surface area contributed by atoms with Gasteiger partial charge in [-0.15, -0.1) is 0 Å². The molecule has 0 aliphatic heterocycles. The molecular weight excluding hydrogens is 342 g/mol. The molecule has 25 heavy (non-hydrogen) atoms. The Morgan fingerprint density at radius 1 is 1.08 bits per heavy atom. The van der Waals surface area contributed by atoms with Crippen LogP contribution in [0, 0.1) is 0 Å². The molecule has 7 heteroatoms. The van der Waals surface area contributed by atoms with Gasteiger partial charge in [-0.25, -0.2) is 0 Å². The number of methoxy groups -OCH3 is 2. The quantitative estimate of drug-likeness (QED) is 0.686. The van der Waals surface area contributed by atoms with Crippen molar-refractivity contribution in [2.75, 3.05) is 26.1 Å². The number of hydrogen-bond acceptors (Lipinski definition) is 6. The minimum absolute atomic E-state index is 0.355. The molecule has 0 unspecified atom stereocenters. The van der Waals surface area contributed by atoms with E-state index in [1.807, 2.05) is 30.3 Å². The molecule has 0 aliphatic carbocycles. The Bertz CT molecular complexity index is 834. The van der Waals surface area contributed by atoms with Crippen molar-refractivity contribution in [3.8, 4) is 22.9 Å². The molecule has 0 radical (unpaired) electrons. The zero-order chi connectivity index (χ0) is 17.6. The van der Waals surface area contributed by atoms with Crippen LogP contribution in [0.5, 0.6) is 11.5 Å². The lowest BCUT2D eigenvalue weighted by atomic mass is 10.1. The Labute approximate surface area is 150 Å². The molecule has 0 atom stereocenters. The maximum absolute atomic E-state index is 5.88. The number of ether oxygens (including phenoxy) is 2. The van der Waals surface area contributed by atoms with Crippen molar-refractivity contribution >= 4 is 17.6 Å². The first-order chi connectivity index (χ1) is 12.2. The van der Waals surface area contributed by atoms with Gasteiger partial charge in [-0.05, 0) is 42.3 Å². The van der Waals surface area contributed by atoms with Crippen molar-refractivity contribution < 1.29 is 14.0 Å². The number of anilines is 1. The average molecular weight is 360 g/mol. The first-order valence-corrected chi connectivity index (χ1v) is 8.12. The number of rotatable bonds is 7. The van der Waals surface area contributed by atoms with Crippen molar-refractivity contribution in [2.24, 2.45) is 0 Å². The molecule has 0 aliphatic rings. The monoisotopic (exact) mass is 359 g/mol. The smallest absolute Gasteiger partial charge is 0.321 e. The lowest BCUT2D eigenvalue weighted by molar-refractivity contribution is 0.403. The number of hydrogen-bond donors (Lipinski definition) is 1. The first kappa shape index (κ1) is 17.1. The highest BCUT2D eigenvalue weighted by Crippen LogP contribution is 2.32. The fraction of sp³-hybridized carbons (Fsp3) is 0.222. The molecule has 0 saturated heterocycles. The van der Waals surface area contributed by atoms with Gasteiger partial charge in [-0.3, -0.25) is 0 Å². The van der Waals surface area contributed by atoms with Gasteiger partial charge < -0.3 is 19.3 Å². The zero-order valence-electron chi connectivity index (χ0n) is 14.0. The van der Waals surface area contributed by atoms with Gasteiger partial charge in [-0.2, -0.15) is 4.98 Å². The summed E-state index contributed by atoms with van der Waals surface area (Å²) in [6, 6.07) is 13.5. The second-order valence-corrected chi connectivity index (χ2v) is 5.73. The Morgan fingerprint density at radius 3 is 2.60 bits per heavy atom. The normalized spacial score (nSPS) is 10.5. The Balaban J connectivity index is 1.67. The van der Waals surface area contributed by atoms with Gasteiger partial charge in [0.1, 0.15) is 11.5 Å². The second-order valence-electron chi connectivity index (χ2n) is 5.29. The molecule has 0 spiro atoms. The number of nitrogens with zero attached hydrogens (tertiary/aromatic N) is 2. The predicted octanol–water partition coefficient (Wildman–Crippen LogP) is 4.06. The summed E-state index contributed by atoms with van der Waals surface area (Å²) in [4.78, 5) is 4.36. The highest BCUT2D eigenvalue weighted by molar-refractivity contribution is 6.30. The zero-order valence-corrected chi connectivity index (χ0v) is 14.7. The molecule has 1 aromatic heterocycles. The molecule has 0 amide bonds. The van der Waals surface area contributed by atoms with Gasteiger partial charge in [0.05, 0.1) is 19.8 Å². The van der Waals surface area contributed by atoms with Gasteiger partial charge in [-0.1, -0.05) is 28.9 Å². The van der Waals surface area contributed by atoms with Gasteiger partial charge in [0.2, 0.25) is 5.82 Å². The van der Waals surface area contributed by atoms with Crippen molar-refractivity contribution in [2.45, 2.75) is 6.42 Å². The fourth-order valence-electron chi connectivity index (χ4n) is 2.36. The third-order valence-corrected chi connectivity index (χ3v) is 3.93. The van der Waals surface area contributed by atoms with E-state index in [-0.39, 0.29) is 0 Å². The van der Waals surface area contributed by atoms with E-state index >= 15 is 0 Å². The van der Waals surface area contributed by atoms with Crippen LogP contribution in [0.25, 0.3) is 11.4 Å². The molecule has 2 aromatic carbocycles. The summed E-state index contributed by atoms with van der Waals surface area (Å²) < 4.78 is 15.8. The summed E-state index contributed by atoms with van der Waals surface area (Å²) in [6.45, 7) is 0.665. The van der Waals surface area contributed by atoms with E-state index in [9.17, 15) is 0 Å². The summed E-state index contributed by atoms with van der Waals surface area (Å²) in [7, 11) is 3.20. The summed E-state index contributed by atoms with van der Waals surface area (Å²) >= 11 is 5.88. The number of benzene rings is 2. The molecule has 1 N–H and O–H groups in total. The maximum atomic E-state index is 5.88. The van der Waals surface area contributed by atoms with E-state index in [1.165, 1.54) is 5.56 Å². The molecule has 3 rings (SSSR count). The third-order valence-electron chi connectivity index (χ3n) is 3.68. The number of halogens is 1. The molecular formula is C18H18ClN3O3. The Kier molecular flexibility index (Phi) is 5.40. The maximum Gasteiger partial charge on any atom is 0.321 e. The molecule has 3 aromatic rings. The van der Waals surface area contributed by atoms with E-state index in [0.29, 0.717) is 35.4 Å².